The van der Waals surface area contributed by atoms with Crippen LogP contribution in [0.4, 0.5) is 13.2 Å². The van der Waals surface area contributed by atoms with E-state index in [4.69, 9.17) is 5.73 Å². The number of carbonyl (C=O) groups is 1. The van der Waals surface area contributed by atoms with Crippen LogP contribution in [0.1, 0.15) is 25.5 Å². The third kappa shape index (κ3) is 2.98. The fraction of sp³-hybridized carbons (Fsp3) is 0.455. The minimum atomic E-state index is -4.80. The third-order valence-electron chi connectivity index (χ3n) is 2.59. The van der Waals surface area contributed by atoms with E-state index in [0.717, 1.165) is 0 Å². The van der Waals surface area contributed by atoms with Crippen LogP contribution < -0.4 is 11.1 Å². The molecule has 0 aliphatic rings. The Kier molecular flexibility index (Phi) is 3.95. The Labute approximate surface area is 102 Å². The molecule has 0 spiro atoms. The molecule has 1 unspecified atom stereocenters. The van der Waals surface area contributed by atoms with Crippen molar-refractivity contribution in [3.05, 3.63) is 30.1 Å². The number of carbonyl (C=O) groups excluding carboxylic acids is 1. The van der Waals surface area contributed by atoms with Gasteiger partial charge in [0.15, 0.2) is 5.54 Å². The van der Waals surface area contributed by atoms with Crippen LogP contribution in [0.3, 0.4) is 0 Å². The maximum absolute atomic E-state index is 12.5. The topological polar surface area (TPSA) is 68.0 Å². The first-order valence-electron chi connectivity index (χ1n) is 5.22. The summed E-state index contributed by atoms with van der Waals surface area (Å²) in [5.41, 5.74) is 2.70. The second-order valence-electron chi connectivity index (χ2n) is 4.18. The summed E-state index contributed by atoms with van der Waals surface area (Å²) in [4.78, 5) is 15.3. The summed E-state index contributed by atoms with van der Waals surface area (Å²) in [6.45, 7) is 2.19. The van der Waals surface area contributed by atoms with Gasteiger partial charge in [-0.3, -0.25) is 9.78 Å². The lowest BCUT2D eigenvalue weighted by Gasteiger charge is -2.28. The molecule has 0 saturated heterocycles. The van der Waals surface area contributed by atoms with Crippen LogP contribution in [-0.2, 0) is 4.79 Å². The molecular weight excluding hydrogens is 247 g/mol. The summed E-state index contributed by atoms with van der Waals surface area (Å²) in [6.07, 6.45) is -1.81. The van der Waals surface area contributed by atoms with Crippen LogP contribution in [0, 0.1) is 0 Å². The number of alkyl halides is 3. The normalized spacial score (nSPS) is 16.8. The third-order valence-corrected chi connectivity index (χ3v) is 2.59. The van der Waals surface area contributed by atoms with Gasteiger partial charge in [-0.05, 0) is 25.5 Å². The first kappa shape index (κ1) is 14.4. The summed E-state index contributed by atoms with van der Waals surface area (Å²) in [6, 6.07) is 2.68. The summed E-state index contributed by atoms with van der Waals surface area (Å²) in [5, 5.41) is 2.22. The number of amides is 1. The molecule has 2 atom stereocenters. The van der Waals surface area contributed by atoms with Gasteiger partial charge in [0.05, 0.1) is 6.04 Å². The van der Waals surface area contributed by atoms with Crippen LogP contribution in [0.25, 0.3) is 0 Å². The van der Waals surface area contributed by atoms with E-state index in [0.29, 0.717) is 12.5 Å². The van der Waals surface area contributed by atoms with Crippen molar-refractivity contribution in [1.29, 1.82) is 0 Å². The largest absolute Gasteiger partial charge is 0.415 e. The van der Waals surface area contributed by atoms with E-state index in [1.807, 2.05) is 0 Å². The van der Waals surface area contributed by atoms with Crippen LogP contribution in [-0.4, -0.2) is 22.6 Å². The Morgan fingerprint density at radius 1 is 1.50 bits per heavy atom. The van der Waals surface area contributed by atoms with Gasteiger partial charge in [-0.15, -0.1) is 0 Å². The van der Waals surface area contributed by atoms with Gasteiger partial charge in [0.2, 0.25) is 5.91 Å². The lowest BCUT2D eigenvalue weighted by Crippen LogP contribution is -2.61. The van der Waals surface area contributed by atoms with Crippen molar-refractivity contribution in [3.8, 4) is 0 Å². The first-order valence-corrected chi connectivity index (χ1v) is 5.22. The number of nitrogens with one attached hydrogen (secondary N) is 1. The van der Waals surface area contributed by atoms with E-state index in [1.165, 1.54) is 12.4 Å². The standard InChI is InChI=1S/C11H14F3N3O/c1-7(8-4-3-5-16-6-8)17-9(18)10(2,15)11(12,13)14/h3-7H,15H2,1-2H3,(H,17,18)/t7-,10?/m0/s1. The number of nitrogens with two attached hydrogens (primary N) is 1. The molecule has 0 fully saturated rings. The van der Waals surface area contributed by atoms with E-state index in [9.17, 15) is 18.0 Å². The number of hydrogen-bond acceptors (Lipinski definition) is 3. The Balaban J connectivity index is 2.78. The van der Waals surface area contributed by atoms with Gasteiger partial charge in [0.25, 0.3) is 0 Å². The predicted octanol–water partition coefficient (Wildman–Crippen LogP) is 1.54. The van der Waals surface area contributed by atoms with Gasteiger partial charge in [-0.2, -0.15) is 13.2 Å². The van der Waals surface area contributed by atoms with Gasteiger partial charge >= 0.3 is 6.18 Å². The number of nitrogens with zero attached hydrogens (tertiary/aromatic N) is 1. The molecule has 100 valence electrons. The molecule has 0 bridgehead atoms. The van der Waals surface area contributed by atoms with Crippen molar-refractivity contribution in [2.24, 2.45) is 5.73 Å². The zero-order valence-electron chi connectivity index (χ0n) is 9.95. The van der Waals surface area contributed by atoms with Gasteiger partial charge in [-0.1, -0.05) is 6.07 Å². The zero-order valence-corrected chi connectivity index (χ0v) is 9.95. The van der Waals surface area contributed by atoms with Crippen molar-refractivity contribution in [2.75, 3.05) is 0 Å². The van der Waals surface area contributed by atoms with E-state index in [2.05, 4.69) is 10.3 Å². The maximum atomic E-state index is 12.5. The smallest absolute Gasteiger partial charge is 0.348 e. The van der Waals surface area contributed by atoms with E-state index < -0.39 is 23.7 Å². The van der Waals surface area contributed by atoms with Crippen molar-refractivity contribution in [1.82, 2.24) is 10.3 Å². The number of pyridine rings is 1. The molecule has 1 aromatic heterocycles. The summed E-state index contributed by atoms with van der Waals surface area (Å²) >= 11 is 0. The van der Waals surface area contributed by atoms with Crippen molar-refractivity contribution >= 4 is 5.91 Å². The molecule has 1 rings (SSSR count). The van der Waals surface area contributed by atoms with E-state index in [1.54, 1.807) is 19.1 Å². The summed E-state index contributed by atoms with van der Waals surface area (Å²) in [7, 11) is 0. The molecule has 0 aliphatic heterocycles. The van der Waals surface area contributed by atoms with Gasteiger partial charge < -0.3 is 11.1 Å². The van der Waals surface area contributed by atoms with Crippen LogP contribution in [0.15, 0.2) is 24.5 Å². The average Bonchev–Trinajstić information content (AvgIpc) is 2.28. The summed E-state index contributed by atoms with van der Waals surface area (Å²) in [5.74, 6) is -1.27. The minimum absolute atomic E-state index is 0.601. The molecule has 0 radical (unpaired) electrons. The minimum Gasteiger partial charge on any atom is -0.348 e. The van der Waals surface area contributed by atoms with Crippen LogP contribution >= 0.6 is 0 Å². The lowest BCUT2D eigenvalue weighted by atomic mass is 10.0. The molecule has 7 heteroatoms. The van der Waals surface area contributed by atoms with Gasteiger partial charge in [0.1, 0.15) is 0 Å². The Bertz CT molecular complexity index is 417. The highest BCUT2D eigenvalue weighted by Crippen LogP contribution is 2.28. The molecule has 1 amide bonds. The number of aromatic nitrogens is 1. The molecule has 18 heavy (non-hydrogen) atoms. The molecule has 0 aromatic carbocycles. The number of halogens is 3. The monoisotopic (exact) mass is 261 g/mol. The second-order valence-corrected chi connectivity index (χ2v) is 4.18. The second kappa shape index (κ2) is 4.93. The van der Waals surface area contributed by atoms with Crippen LogP contribution in [0.5, 0.6) is 0 Å². The molecule has 1 aromatic rings. The highest BCUT2D eigenvalue weighted by molar-refractivity contribution is 5.86. The van der Waals surface area contributed by atoms with E-state index in [-0.39, 0.29) is 0 Å². The molecule has 1 heterocycles. The fourth-order valence-electron chi connectivity index (χ4n) is 1.19. The molecule has 4 nitrogen and oxygen atoms in total. The van der Waals surface area contributed by atoms with Crippen molar-refractivity contribution < 1.29 is 18.0 Å². The van der Waals surface area contributed by atoms with E-state index >= 15 is 0 Å². The molecule has 0 saturated carbocycles. The number of rotatable bonds is 3. The Morgan fingerprint density at radius 2 is 2.11 bits per heavy atom. The van der Waals surface area contributed by atoms with Gasteiger partial charge in [-0.25, -0.2) is 0 Å². The molecule has 3 N–H and O–H groups in total. The SMILES string of the molecule is C[C@H](NC(=O)C(C)(N)C(F)(F)F)c1cccnc1. The first-order chi connectivity index (χ1) is 8.16. The zero-order chi connectivity index (χ0) is 14.0. The Hall–Kier alpha value is -1.63. The average molecular weight is 261 g/mol. The fourth-order valence-corrected chi connectivity index (χ4v) is 1.19. The highest BCUT2D eigenvalue weighted by atomic mass is 19.4. The highest BCUT2D eigenvalue weighted by Gasteiger charge is 2.54. The number of hydrogen-bond donors (Lipinski definition) is 2. The van der Waals surface area contributed by atoms with Gasteiger partial charge in [0, 0.05) is 12.4 Å². The Morgan fingerprint density at radius 3 is 2.56 bits per heavy atom. The van der Waals surface area contributed by atoms with Crippen molar-refractivity contribution in [3.63, 3.8) is 0 Å². The molecular formula is C11H14F3N3O. The predicted molar refractivity (Wildman–Crippen MR) is 59.4 cm³/mol. The molecule has 0 aliphatic carbocycles. The van der Waals surface area contributed by atoms with Crippen LogP contribution in [0.2, 0.25) is 0 Å². The van der Waals surface area contributed by atoms with Crippen molar-refractivity contribution in [2.45, 2.75) is 31.6 Å². The lowest BCUT2D eigenvalue weighted by molar-refractivity contribution is -0.187. The summed E-state index contributed by atoms with van der Waals surface area (Å²) < 4.78 is 37.6. The maximum Gasteiger partial charge on any atom is 0.415 e. The quantitative estimate of drug-likeness (QED) is 0.867.